The Labute approximate surface area is 140 Å². The highest BCUT2D eigenvalue weighted by molar-refractivity contribution is 5.80. The van der Waals surface area contributed by atoms with Gasteiger partial charge in [0.1, 0.15) is 0 Å². The maximum atomic E-state index is 9.64. The summed E-state index contributed by atoms with van der Waals surface area (Å²) in [6, 6.07) is 0.418. The van der Waals surface area contributed by atoms with Crippen LogP contribution in [0.1, 0.15) is 45.4 Å². The number of likely N-dealkylation sites (N-methyl/N-ethyl adjacent to an activating group) is 1. The van der Waals surface area contributed by atoms with Crippen LogP contribution in [-0.4, -0.2) is 74.0 Å². The molecule has 6 nitrogen and oxygen atoms in total. The van der Waals surface area contributed by atoms with Gasteiger partial charge in [0.15, 0.2) is 5.96 Å². The smallest absolute Gasteiger partial charge is 0.191 e. The molecule has 2 aliphatic rings. The highest BCUT2D eigenvalue weighted by atomic mass is 16.5. The Morgan fingerprint density at radius 1 is 1.22 bits per heavy atom. The molecule has 1 saturated heterocycles. The van der Waals surface area contributed by atoms with E-state index in [0.717, 1.165) is 70.8 Å². The van der Waals surface area contributed by atoms with Gasteiger partial charge in [0, 0.05) is 31.3 Å². The number of rotatable bonds is 5. The zero-order valence-electron chi connectivity index (χ0n) is 15.0. The molecule has 0 amide bonds. The van der Waals surface area contributed by atoms with E-state index in [1.165, 1.54) is 0 Å². The van der Waals surface area contributed by atoms with Crippen LogP contribution in [-0.2, 0) is 4.74 Å². The molecule has 1 aliphatic carbocycles. The van der Waals surface area contributed by atoms with Crippen molar-refractivity contribution in [3.05, 3.63) is 0 Å². The van der Waals surface area contributed by atoms with Crippen LogP contribution in [0.5, 0.6) is 0 Å². The molecule has 134 valence electrons. The molecule has 0 spiro atoms. The Hall–Kier alpha value is -0.850. The second-order valence-electron chi connectivity index (χ2n) is 7.08. The first-order valence-corrected chi connectivity index (χ1v) is 9.04. The average Bonchev–Trinajstić information content (AvgIpc) is 2.55. The molecule has 2 rings (SSSR count). The Balaban J connectivity index is 1.96. The van der Waals surface area contributed by atoms with Gasteiger partial charge in [0.2, 0.25) is 0 Å². The lowest BCUT2D eigenvalue weighted by molar-refractivity contribution is -0.00256. The molecule has 2 fully saturated rings. The lowest BCUT2D eigenvalue weighted by atomic mass is 9.89. The molecule has 0 aromatic heterocycles. The summed E-state index contributed by atoms with van der Waals surface area (Å²) in [5, 5.41) is 16.6. The maximum absolute atomic E-state index is 9.64. The number of guanidine groups is 1. The van der Waals surface area contributed by atoms with E-state index >= 15 is 0 Å². The molecular weight excluding hydrogens is 292 g/mol. The first kappa shape index (κ1) is 18.5. The van der Waals surface area contributed by atoms with Gasteiger partial charge in [-0.3, -0.25) is 4.99 Å². The number of hydrogen-bond acceptors (Lipinski definition) is 4. The molecule has 0 aromatic carbocycles. The van der Waals surface area contributed by atoms with Crippen molar-refractivity contribution >= 4 is 5.96 Å². The van der Waals surface area contributed by atoms with Gasteiger partial charge in [0.05, 0.1) is 12.6 Å². The van der Waals surface area contributed by atoms with Crippen LogP contribution in [0.3, 0.4) is 0 Å². The van der Waals surface area contributed by atoms with Crippen LogP contribution in [0.4, 0.5) is 0 Å². The van der Waals surface area contributed by atoms with Crippen molar-refractivity contribution in [2.45, 2.75) is 63.1 Å². The minimum Gasteiger partial charge on any atom is -0.393 e. The van der Waals surface area contributed by atoms with Crippen LogP contribution in [0.15, 0.2) is 4.99 Å². The minimum absolute atomic E-state index is 0.101. The van der Waals surface area contributed by atoms with E-state index in [2.05, 4.69) is 36.6 Å². The summed E-state index contributed by atoms with van der Waals surface area (Å²) in [7, 11) is 4.29. The largest absolute Gasteiger partial charge is 0.393 e. The molecule has 1 saturated carbocycles. The molecule has 0 atom stereocenters. The zero-order valence-corrected chi connectivity index (χ0v) is 15.0. The monoisotopic (exact) mass is 326 g/mol. The summed E-state index contributed by atoms with van der Waals surface area (Å²) in [4.78, 5) is 7.18. The van der Waals surface area contributed by atoms with Crippen LogP contribution in [0.25, 0.3) is 0 Å². The Kier molecular flexibility index (Phi) is 7.11. The van der Waals surface area contributed by atoms with E-state index in [1.54, 1.807) is 0 Å². The molecule has 23 heavy (non-hydrogen) atoms. The third-order valence-corrected chi connectivity index (χ3v) is 5.29. The first-order valence-electron chi connectivity index (χ1n) is 9.04. The second-order valence-corrected chi connectivity index (χ2v) is 7.08. The minimum atomic E-state index is -0.119. The van der Waals surface area contributed by atoms with Crippen molar-refractivity contribution in [2.75, 3.05) is 40.4 Å². The average molecular weight is 326 g/mol. The van der Waals surface area contributed by atoms with E-state index in [9.17, 15) is 5.11 Å². The summed E-state index contributed by atoms with van der Waals surface area (Å²) in [5.74, 6) is 0.904. The first-order chi connectivity index (χ1) is 11.1. The van der Waals surface area contributed by atoms with Gasteiger partial charge < -0.3 is 25.4 Å². The summed E-state index contributed by atoms with van der Waals surface area (Å²) in [5.41, 5.74) is 0.101. The zero-order chi connectivity index (χ0) is 16.7. The molecule has 1 heterocycles. The predicted molar refractivity (Wildman–Crippen MR) is 93.8 cm³/mol. The van der Waals surface area contributed by atoms with Crippen molar-refractivity contribution in [1.29, 1.82) is 0 Å². The van der Waals surface area contributed by atoms with Gasteiger partial charge in [-0.2, -0.15) is 0 Å². The van der Waals surface area contributed by atoms with Crippen molar-refractivity contribution in [3.8, 4) is 0 Å². The lowest BCUT2D eigenvalue weighted by Gasteiger charge is -2.41. The van der Waals surface area contributed by atoms with E-state index in [4.69, 9.17) is 9.73 Å². The van der Waals surface area contributed by atoms with Gasteiger partial charge in [-0.05, 0) is 59.5 Å². The normalized spacial score (nSPS) is 28.7. The molecule has 6 heteroatoms. The number of nitrogens with zero attached hydrogens (tertiary/aromatic N) is 2. The molecule has 0 bridgehead atoms. The van der Waals surface area contributed by atoms with Crippen molar-refractivity contribution in [1.82, 2.24) is 15.5 Å². The summed E-state index contributed by atoms with van der Waals surface area (Å²) in [6.07, 6.45) is 5.73. The quantitative estimate of drug-likeness (QED) is 0.518. The topological polar surface area (TPSA) is 69.1 Å². The fourth-order valence-corrected chi connectivity index (χ4v) is 3.46. The fraction of sp³-hybridized carbons (Fsp3) is 0.941. The van der Waals surface area contributed by atoms with Gasteiger partial charge in [-0.25, -0.2) is 0 Å². The second kappa shape index (κ2) is 8.85. The summed E-state index contributed by atoms with van der Waals surface area (Å²) in [6.45, 7) is 5.38. The predicted octanol–water partition coefficient (Wildman–Crippen LogP) is 0.956. The number of aliphatic imine (C=N–C) groups is 1. The van der Waals surface area contributed by atoms with E-state index in [-0.39, 0.29) is 11.6 Å². The van der Waals surface area contributed by atoms with Crippen molar-refractivity contribution < 1.29 is 9.84 Å². The Morgan fingerprint density at radius 2 is 1.87 bits per heavy atom. The molecule has 0 radical (unpaired) electrons. The van der Waals surface area contributed by atoms with Gasteiger partial charge in [-0.15, -0.1) is 0 Å². The number of nitrogens with one attached hydrogen (secondary N) is 2. The molecule has 0 unspecified atom stereocenters. The third-order valence-electron chi connectivity index (χ3n) is 5.29. The standard InChI is InChI=1S/C17H34N4O2/c1-4-18-16(20-14-5-7-15(22)8-6-14)19-13-17(21(2)3)9-11-23-12-10-17/h14-15,22H,4-13H2,1-3H3,(H2,18,19,20). The third kappa shape index (κ3) is 5.33. The van der Waals surface area contributed by atoms with Crippen molar-refractivity contribution in [2.24, 2.45) is 4.99 Å². The SMILES string of the molecule is CCNC(=NCC1(N(C)C)CCOCC1)NC1CCC(O)CC1. The Morgan fingerprint density at radius 3 is 2.43 bits per heavy atom. The highest BCUT2D eigenvalue weighted by Crippen LogP contribution is 2.26. The van der Waals surface area contributed by atoms with E-state index in [0.29, 0.717) is 6.04 Å². The maximum Gasteiger partial charge on any atom is 0.191 e. The van der Waals surface area contributed by atoms with E-state index in [1.807, 2.05) is 0 Å². The summed E-state index contributed by atoms with van der Waals surface area (Å²) >= 11 is 0. The summed E-state index contributed by atoms with van der Waals surface area (Å²) < 4.78 is 5.53. The van der Waals surface area contributed by atoms with Gasteiger partial charge in [0.25, 0.3) is 0 Å². The number of aliphatic hydroxyl groups excluding tert-OH is 1. The fourth-order valence-electron chi connectivity index (χ4n) is 3.46. The Bertz CT molecular complexity index is 373. The lowest BCUT2D eigenvalue weighted by Crippen LogP contribution is -2.52. The number of ether oxygens (including phenoxy) is 1. The van der Waals surface area contributed by atoms with Crippen molar-refractivity contribution in [3.63, 3.8) is 0 Å². The number of aliphatic hydroxyl groups is 1. The highest BCUT2D eigenvalue weighted by Gasteiger charge is 2.34. The molecule has 3 N–H and O–H groups in total. The molecular formula is C17H34N4O2. The van der Waals surface area contributed by atoms with Gasteiger partial charge in [-0.1, -0.05) is 0 Å². The molecule has 1 aliphatic heterocycles. The van der Waals surface area contributed by atoms with Crippen LogP contribution >= 0.6 is 0 Å². The van der Waals surface area contributed by atoms with Crippen LogP contribution in [0, 0.1) is 0 Å². The van der Waals surface area contributed by atoms with E-state index < -0.39 is 0 Å². The molecule has 0 aromatic rings. The van der Waals surface area contributed by atoms with Gasteiger partial charge >= 0.3 is 0 Å². The van der Waals surface area contributed by atoms with Crippen LogP contribution in [0.2, 0.25) is 0 Å². The van der Waals surface area contributed by atoms with Crippen LogP contribution < -0.4 is 10.6 Å². The number of hydrogen-bond donors (Lipinski definition) is 3.